The second kappa shape index (κ2) is 6.61. The van der Waals surface area contributed by atoms with E-state index >= 15 is 0 Å². The average molecular weight is 253 g/mol. The topological polar surface area (TPSA) is 41.9 Å². The molecule has 0 aliphatic heterocycles. The zero-order valence-electron chi connectivity index (χ0n) is 11.9. The Morgan fingerprint density at radius 1 is 1.22 bits per heavy atom. The maximum atomic E-state index is 9.19. The average Bonchev–Trinajstić information content (AvgIpc) is 2.35. The van der Waals surface area contributed by atoms with Crippen molar-refractivity contribution in [2.24, 2.45) is 0 Å². The molecule has 0 bridgehead atoms. The Kier molecular flexibility index (Phi) is 5.44. The predicted octanol–water partition coefficient (Wildman–Crippen LogP) is 2.00. The molecule has 1 aromatic carbocycles. The predicted molar refractivity (Wildman–Crippen MR) is 72.4 cm³/mol. The lowest BCUT2D eigenvalue weighted by Crippen LogP contribution is -2.22. The molecule has 102 valence electrons. The van der Waals surface area contributed by atoms with Gasteiger partial charge in [-0.05, 0) is 33.5 Å². The van der Waals surface area contributed by atoms with E-state index < -0.39 is 0 Å². The molecule has 4 nitrogen and oxygen atoms in total. The Morgan fingerprint density at radius 3 is 2.33 bits per heavy atom. The second-order valence-corrected chi connectivity index (χ2v) is 4.51. The first-order chi connectivity index (χ1) is 8.56. The van der Waals surface area contributed by atoms with Crippen molar-refractivity contribution in [2.45, 2.75) is 19.4 Å². The number of aliphatic hydroxyl groups excluding tert-OH is 1. The van der Waals surface area contributed by atoms with Gasteiger partial charge in [-0.25, -0.2) is 0 Å². The van der Waals surface area contributed by atoms with Crippen LogP contribution in [-0.2, 0) is 0 Å². The maximum absolute atomic E-state index is 9.19. The number of ether oxygens (including phenoxy) is 2. The Bertz CT molecular complexity index is 391. The summed E-state index contributed by atoms with van der Waals surface area (Å²) in [6.45, 7) is 2.13. The number of methoxy groups -OCH3 is 2. The minimum Gasteiger partial charge on any atom is -0.496 e. The van der Waals surface area contributed by atoms with Crippen molar-refractivity contribution in [1.29, 1.82) is 0 Å². The first-order valence-electron chi connectivity index (χ1n) is 6.05. The standard InChI is InChI=1S/C14H23NO3/c1-10-13(17-4)7-6-11(14(10)18-5)12(8-9-16)15(2)3/h6-7,12,16H,8-9H2,1-5H3. The van der Waals surface area contributed by atoms with Crippen LogP contribution in [0.3, 0.4) is 0 Å². The van der Waals surface area contributed by atoms with Gasteiger partial charge in [-0.15, -0.1) is 0 Å². The molecule has 0 radical (unpaired) electrons. The van der Waals surface area contributed by atoms with Crippen LogP contribution in [0.15, 0.2) is 12.1 Å². The second-order valence-electron chi connectivity index (χ2n) is 4.51. The van der Waals surface area contributed by atoms with Gasteiger partial charge in [-0.1, -0.05) is 6.07 Å². The summed E-state index contributed by atoms with van der Waals surface area (Å²) in [5, 5.41) is 9.19. The van der Waals surface area contributed by atoms with Crippen LogP contribution in [0.4, 0.5) is 0 Å². The molecule has 1 rings (SSSR count). The van der Waals surface area contributed by atoms with Gasteiger partial charge in [0.2, 0.25) is 0 Å². The van der Waals surface area contributed by atoms with E-state index in [1.54, 1.807) is 14.2 Å². The van der Waals surface area contributed by atoms with Crippen LogP contribution in [0, 0.1) is 6.92 Å². The minimum absolute atomic E-state index is 0.134. The van der Waals surface area contributed by atoms with E-state index in [9.17, 15) is 5.11 Å². The Hall–Kier alpha value is -1.26. The van der Waals surface area contributed by atoms with E-state index in [0.717, 1.165) is 22.6 Å². The monoisotopic (exact) mass is 253 g/mol. The van der Waals surface area contributed by atoms with Gasteiger partial charge in [0, 0.05) is 23.8 Å². The molecule has 1 N–H and O–H groups in total. The zero-order chi connectivity index (χ0) is 13.7. The van der Waals surface area contributed by atoms with Crippen molar-refractivity contribution in [3.05, 3.63) is 23.3 Å². The van der Waals surface area contributed by atoms with E-state index in [2.05, 4.69) is 4.90 Å². The lowest BCUT2D eigenvalue weighted by atomic mass is 9.98. The highest BCUT2D eigenvalue weighted by Crippen LogP contribution is 2.37. The summed E-state index contributed by atoms with van der Waals surface area (Å²) in [7, 11) is 7.31. The lowest BCUT2D eigenvalue weighted by molar-refractivity contribution is 0.207. The van der Waals surface area contributed by atoms with Gasteiger partial charge in [-0.3, -0.25) is 0 Å². The minimum atomic E-state index is 0.134. The number of hydrogen-bond donors (Lipinski definition) is 1. The van der Waals surface area contributed by atoms with Gasteiger partial charge in [0.25, 0.3) is 0 Å². The van der Waals surface area contributed by atoms with Crippen molar-refractivity contribution in [3.8, 4) is 11.5 Å². The largest absolute Gasteiger partial charge is 0.496 e. The van der Waals surface area contributed by atoms with Gasteiger partial charge < -0.3 is 19.5 Å². The molecular weight excluding hydrogens is 230 g/mol. The van der Waals surface area contributed by atoms with Crippen molar-refractivity contribution in [1.82, 2.24) is 4.90 Å². The van der Waals surface area contributed by atoms with Crippen LogP contribution in [0.1, 0.15) is 23.6 Å². The molecule has 0 spiro atoms. The van der Waals surface area contributed by atoms with Gasteiger partial charge >= 0.3 is 0 Å². The molecule has 0 heterocycles. The first kappa shape index (κ1) is 14.8. The molecule has 0 amide bonds. The van der Waals surface area contributed by atoms with Gasteiger partial charge in [0.15, 0.2) is 0 Å². The molecule has 0 aromatic heterocycles. The molecule has 1 unspecified atom stereocenters. The summed E-state index contributed by atoms with van der Waals surface area (Å²) in [6.07, 6.45) is 0.676. The maximum Gasteiger partial charge on any atom is 0.130 e. The number of aliphatic hydroxyl groups is 1. The summed E-state index contributed by atoms with van der Waals surface area (Å²) in [4.78, 5) is 2.08. The molecule has 0 aliphatic rings. The van der Waals surface area contributed by atoms with Crippen LogP contribution in [0.25, 0.3) is 0 Å². The number of hydrogen-bond acceptors (Lipinski definition) is 4. The first-order valence-corrected chi connectivity index (χ1v) is 6.05. The van der Waals surface area contributed by atoms with Crippen molar-refractivity contribution in [2.75, 3.05) is 34.9 Å². The van der Waals surface area contributed by atoms with Crippen LogP contribution in [0.2, 0.25) is 0 Å². The van der Waals surface area contributed by atoms with E-state index in [-0.39, 0.29) is 12.6 Å². The Morgan fingerprint density at radius 2 is 1.89 bits per heavy atom. The molecule has 0 saturated carbocycles. The quantitative estimate of drug-likeness (QED) is 0.842. The van der Waals surface area contributed by atoms with E-state index in [1.807, 2.05) is 33.2 Å². The number of rotatable bonds is 6. The Labute approximate surface area is 109 Å². The summed E-state index contributed by atoms with van der Waals surface area (Å²) in [6, 6.07) is 4.08. The van der Waals surface area contributed by atoms with Crippen LogP contribution >= 0.6 is 0 Å². The molecular formula is C14H23NO3. The molecule has 0 fully saturated rings. The van der Waals surface area contributed by atoms with E-state index in [4.69, 9.17) is 9.47 Å². The summed E-state index contributed by atoms with van der Waals surface area (Å²) >= 11 is 0. The summed E-state index contributed by atoms with van der Waals surface area (Å²) in [5.41, 5.74) is 2.07. The summed E-state index contributed by atoms with van der Waals surface area (Å²) < 4.78 is 10.8. The fourth-order valence-corrected chi connectivity index (χ4v) is 2.26. The molecule has 4 heteroatoms. The highest BCUT2D eigenvalue weighted by Gasteiger charge is 2.20. The summed E-state index contributed by atoms with van der Waals surface area (Å²) in [5.74, 6) is 1.65. The SMILES string of the molecule is COc1ccc(C(CCO)N(C)C)c(OC)c1C. The lowest BCUT2D eigenvalue weighted by Gasteiger charge is -2.27. The highest BCUT2D eigenvalue weighted by atomic mass is 16.5. The van der Waals surface area contributed by atoms with Gasteiger partial charge in [0.1, 0.15) is 11.5 Å². The van der Waals surface area contributed by atoms with Crippen molar-refractivity contribution < 1.29 is 14.6 Å². The van der Waals surface area contributed by atoms with Crippen LogP contribution < -0.4 is 9.47 Å². The molecule has 0 aliphatic carbocycles. The van der Waals surface area contributed by atoms with E-state index in [1.165, 1.54) is 0 Å². The van der Waals surface area contributed by atoms with E-state index in [0.29, 0.717) is 6.42 Å². The molecule has 0 saturated heterocycles. The highest BCUT2D eigenvalue weighted by molar-refractivity contribution is 5.50. The fraction of sp³-hybridized carbons (Fsp3) is 0.571. The third kappa shape index (κ3) is 2.94. The third-order valence-electron chi connectivity index (χ3n) is 3.20. The number of benzene rings is 1. The fourth-order valence-electron chi connectivity index (χ4n) is 2.26. The van der Waals surface area contributed by atoms with Crippen LogP contribution in [-0.4, -0.2) is 44.9 Å². The molecule has 1 atom stereocenters. The molecule has 18 heavy (non-hydrogen) atoms. The van der Waals surface area contributed by atoms with Crippen LogP contribution in [0.5, 0.6) is 11.5 Å². The smallest absolute Gasteiger partial charge is 0.130 e. The number of nitrogens with zero attached hydrogens (tertiary/aromatic N) is 1. The van der Waals surface area contributed by atoms with Crippen molar-refractivity contribution in [3.63, 3.8) is 0 Å². The van der Waals surface area contributed by atoms with Gasteiger partial charge in [0.05, 0.1) is 14.2 Å². The zero-order valence-corrected chi connectivity index (χ0v) is 11.9. The Balaban J connectivity index is 3.25. The van der Waals surface area contributed by atoms with Gasteiger partial charge in [-0.2, -0.15) is 0 Å². The normalized spacial score (nSPS) is 12.6. The molecule has 1 aromatic rings. The van der Waals surface area contributed by atoms with Crippen molar-refractivity contribution >= 4 is 0 Å². The third-order valence-corrected chi connectivity index (χ3v) is 3.20.